The number of nitrogens with zero attached hydrogens (tertiary/aromatic N) is 1. The Balaban J connectivity index is 1.59. The average molecular weight is 287 g/mol. The van der Waals surface area contributed by atoms with Gasteiger partial charge in [-0.15, -0.1) is 0 Å². The number of nitrogens with one attached hydrogen (secondary N) is 2. The molecule has 1 fully saturated rings. The highest BCUT2D eigenvalue weighted by Gasteiger charge is 2.29. The average Bonchev–Trinajstić information content (AvgIpc) is 2.49. The zero-order valence-electron chi connectivity index (χ0n) is 12.9. The van der Waals surface area contributed by atoms with Crippen molar-refractivity contribution in [1.29, 1.82) is 0 Å². The molecule has 1 aromatic rings. The number of carbonyl (C=O) groups excluding carboxylic acids is 1. The monoisotopic (exact) mass is 287 g/mol. The number of piperidine rings is 1. The third-order valence-corrected chi connectivity index (χ3v) is 4.80. The van der Waals surface area contributed by atoms with Gasteiger partial charge >= 0.3 is 0 Å². The highest BCUT2D eigenvalue weighted by molar-refractivity contribution is 5.85. The molecule has 2 aliphatic heterocycles. The summed E-state index contributed by atoms with van der Waals surface area (Å²) in [5, 5.41) is 6.65. The van der Waals surface area contributed by atoms with Gasteiger partial charge in [-0.1, -0.05) is 25.1 Å². The van der Waals surface area contributed by atoms with Gasteiger partial charge in [-0.05, 0) is 50.4 Å². The first kappa shape index (κ1) is 14.4. The number of amides is 1. The van der Waals surface area contributed by atoms with Crippen LogP contribution in [-0.2, 0) is 11.2 Å². The van der Waals surface area contributed by atoms with E-state index in [4.69, 9.17) is 0 Å². The van der Waals surface area contributed by atoms with E-state index in [2.05, 4.69) is 47.7 Å². The lowest BCUT2D eigenvalue weighted by atomic mass is 9.93. The van der Waals surface area contributed by atoms with Gasteiger partial charge in [-0.2, -0.15) is 0 Å². The van der Waals surface area contributed by atoms with E-state index in [0.717, 1.165) is 38.0 Å². The number of aryl methyl sites for hydroxylation is 1. The van der Waals surface area contributed by atoms with Gasteiger partial charge < -0.3 is 15.5 Å². The molecular formula is C17H25N3O. The molecule has 1 aromatic carbocycles. The van der Waals surface area contributed by atoms with Crippen molar-refractivity contribution in [2.75, 3.05) is 25.5 Å². The van der Waals surface area contributed by atoms with Gasteiger partial charge in [0.1, 0.15) is 6.04 Å². The molecule has 0 aliphatic carbocycles. The van der Waals surface area contributed by atoms with E-state index < -0.39 is 0 Å². The highest BCUT2D eigenvalue weighted by Crippen LogP contribution is 2.24. The zero-order valence-corrected chi connectivity index (χ0v) is 12.9. The summed E-state index contributed by atoms with van der Waals surface area (Å²) in [5.74, 6) is 0.675. The minimum atomic E-state index is -0.0910. The second kappa shape index (κ2) is 6.06. The molecule has 3 rings (SSSR count). The van der Waals surface area contributed by atoms with Gasteiger partial charge in [-0.25, -0.2) is 0 Å². The predicted molar refractivity (Wildman–Crippen MR) is 85.4 cm³/mol. The Hall–Kier alpha value is -1.55. The summed E-state index contributed by atoms with van der Waals surface area (Å²) in [5.41, 5.74) is 2.43. The summed E-state index contributed by atoms with van der Waals surface area (Å²) >= 11 is 0. The fourth-order valence-electron chi connectivity index (χ4n) is 3.49. The molecule has 3 unspecified atom stereocenters. The molecule has 0 aromatic heterocycles. The summed E-state index contributed by atoms with van der Waals surface area (Å²) in [6, 6.07) is 8.49. The fourth-order valence-corrected chi connectivity index (χ4v) is 3.49. The van der Waals surface area contributed by atoms with Crippen LogP contribution in [0.3, 0.4) is 0 Å². The minimum absolute atomic E-state index is 0.0910. The van der Waals surface area contributed by atoms with Crippen LogP contribution in [-0.4, -0.2) is 43.0 Å². The number of hydrogen-bond donors (Lipinski definition) is 2. The van der Waals surface area contributed by atoms with Crippen LogP contribution in [0.5, 0.6) is 0 Å². The number of hydrogen-bond acceptors (Lipinski definition) is 3. The van der Waals surface area contributed by atoms with Crippen LogP contribution in [0.4, 0.5) is 5.69 Å². The molecule has 2 heterocycles. The Kier molecular flexibility index (Phi) is 4.15. The number of carbonyl (C=O) groups is 1. The number of benzene rings is 1. The van der Waals surface area contributed by atoms with Crippen LogP contribution in [0.2, 0.25) is 0 Å². The standard InChI is InChI=1S/C17H25N3O/c1-12-11-20(2)10-9-14(12)19-17(21)16-8-7-13-5-3-4-6-15(13)18-16/h3-6,12,14,16,18H,7-11H2,1-2H3,(H,19,21). The van der Waals surface area contributed by atoms with Crippen molar-refractivity contribution >= 4 is 11.6 Å². The molecule has 114 valence electrons. The molecule has 0 radical (unpaired) electrons. The van der Waals surface area contributed by atoms with Crippen molar-refractivity contribution in [3.63, 3.8) is 0 Å². The van der Waals surface area contributed by atoms with Gasteiger partial charge in [-0.3, -0.25) is 4.79 Å². The smallest absolute Gasteiger partial charge is 0.242 e. The number of fused-ring (bicyclic) bond motifs is 1. The lowest BCUT2D eigenvalue weighted by Crippen LogP contribution is -2.52. The molecule has 21 heavy (non-hydrogen) atoms. The van der Waals surface area contributed by atoms with E-state index in [-0.39, 0.29) is 11.9 Å². The van der Waals surface area contributed by atoms with E-state index >= 15 is 0 Å². The summed E-state index contributed by atoms with van der Waals surface area (Å²) in [6.07, 6.45) is 2.90. The van der Waals surface area contributed by atoms with Gasteiger partial charge in [0, 0.05) is 18.3 Å². The molecular weight excluding hydrogens is 262 g/mol. The lowest BCUT2D eigenvalue weighted by Gasteiger charge is -2.36. The van der Waals surface area contributed by atoms with E-state index in [1.165, 1.54) is 5.56 Å². The van der Waals surface area contributed by atoms with Crippen molar-refractivity contribution < 1.29 is 4.79 Å². The molecule has 4 heteroatoms. The van der Waals surface area contributed by atoms with Crippen LogP contribution in [0.1, 0.15) is 25.3 Å². The summed E-state index contributed by atoms with van der Waals surface area (Å²) in [7, 11) is 2.15. The SMILES string of the molecule is CC1CN(C)CCC1NC(=O)C1CCc2ccccc2N1. The first-order valence-electron chi connectivity index (χ1n) is 7.97. The first-order valence-corrected chi connectivity index (χ1v) is 7.97. The van der Waals surface area contributed by atoms with Crippen molar-refractivity contribution in [3.05, 3.63) is 29.8 Å². The van der Waals surface area contributed by atoms with Crippen LogP contribution in [0.15, 0.2) is 24.3 Å². The van der Waals surface area contributed by atoms with Crippen LogP contribution >= 0.6 is 0 Å². The molecule has 3 atom stereocenters. The topological polar surface area (TPSA) is 44.4 Å². The van der Waals surface area contributed by atoms with Crippen LogP contribution in [0.25, 0.3) is 0 Å². The second-order valence-electron chi connectivity index (χ2n) is 6.54. The van der Waals surface area contributed by atoms with E-state index in [9.17, 15) is 4.79 Å². The highest BCUT2D eigenvalue weighted by atomic mass is 16.2. The van der Waals surface area contributed by atoms with Gasteiger partial charge in [0.2, 0.25) is 5.91 Å². The number of rotatable bonds is 2. The molecule has 0 bridgehead atoms. The molecule has 0 spiro atoms. The molecule has 1 amide bonds. The van der Waals surface area contributed by atoms with Crippen LogP contribution in [0, 0.1) is 5.92 Å². The number of anilines is 1. The fraction of sp³-hybridized carbons (Fsp3) is 0.588. The Morgan fingerprint density at radius 3 is 2.95 bits per heavy atom. The predicted octanol–water partition coefficient (Wildman–Crippen LogP) is 1.87. The minimum Gasteiger partial charge on any atom is -0.373 e. The number of likely N-dealkylation sites (tertiary alicyclic amines) is 1. The third-order valence-electron chi connectivity index (χ3n) is 4.80. The number of para-hydroxylation sites is 1. The van der Waals surface area contributed by atoms with Gasteiger partial charge in [0.15, 0.2) is 0 Å². The largest absolute Gasteiger partial charge is 0.373 e. The van der Waals surface area contributed by atoms with Crippen molar-refractivity contribution in [2.45, 2.75) is 38.3 Å². The van der Waals surface area contributed by atoms with E-state index in [1.54, 1.807) is 0 Å². The van der Waals surface area contributed by atoms with Crippen molar-refractivity contribution in [2.24, 2.45) is 5.92 Å². The normalized spacial score (nSPS) is 29.3. The summed E-state index contributed by atoms with van der Waals surface area (Å²) < 4.78 is 0. The maximum Gasteiger partial charge on any atom is 0.242 e. The molecule has 2 aliphatic rings. The second-order valence-corrected chi connectivity index (χ2v) is 6.54. The summed E-state index contributed by atoms with van der Waals surface area (Å²) in [4.78, 5) is 14.9. The van der Waals surface area contributed by atoms with Gasteiger partial charge in [0.05, 0.1) is 0 Å². The Morgan fingerprint density at radius 2 is 2.14 bits per heavy atom. The van der Waals surface area contributed by atoms with E-state index in [1.807, 2.05) is 6.07 Å². The Morgan fingerprint density at radius 1 is 1.33 bits per heavy atom. The van der Waals surface area contributed by atoms with Crippen LogP contribution < -0.4 is 10.6 Å². The first-order chi connectivity index (χ1) is 10.1. The molecule has 0 saturated carbocycles. The maximum absolute atomic E-state index is 12.5. The Bertz CT molecular complexity index is 517. The lowest BCUT2D eigenvalue weighted by molar-refractivity contribution is -0.123. The summed E-state index contributed by atoms with van der Waals surface area (Å²) in [6.45, 7) is 4.35. The molecule has 2 N–H and O–H groups in total. The van der Waals surface area contributed by atoms with Crippen molar-refractivity contribution in [3.8, 4) is 0 Å². The van der Waals surface area contributed by atoms with Crippen molar-refractivity contribution in [1.82, 2.24) is 10.2 Å². The zero-order chi connectivity index (χ0) is 14.8. The Labute approximate surface area is 126 Å². The maximum atomic E-state index is 12.5. The molecule has 4 nitrogen and oxygen atoms in total. The third kappa shape index (κ3) is 3.21. The van der Waals surface area contributed by atoms with Gasteiger partial charge in [0.25, 0.3) is 0 Å². The van der Waals surface area contributed by atoms with E-state index in [0.29, 0.717) is 12.0 Å². The quantitative estimate of drug-likeness (QED) is 0.873. The molecule has 1 saturated heterocycles.